The lowest BCUT2D eigenvalue weighted by atomic mass is 9.82. The molecule has 1 aliphatic carbocycles. The van der Waals surface area contributed by atoms with Gasteiger partial charge in [-0.25, -0.2) is 0 Å². The van der Waals surface area contributed by atoms with Gasteiger partial charge in [0.25, 0.3) is 0 Å². The molecule has 0 bridgehead atoms. The van der Waals surface area contributed by atoms with E-state index in [1.54, 1.807) is 0 Å². The second-order valence-electron chi connectivity index (χ2n) is 7.28. The summed E-state index contributed by atoms with van der Waals surface area (Å²) in [6.45, 7) is 1.14. The van der Waals surface area contributed by atoms with E-state index in [1.807, 2.05) is 36.4 Å². The summed E-state index contributed by atoms with van der Waals surface area (Å²) in [4.78, 5) is 10.9. The summed E-state index contributed by atoms with van der Waals surface area (Å²) in [6.07, 6.45) is 3.77. The van der Waals surface area contributed by atoms with Gasteiger partial charge in [0.05, 0.1) is 25.4 Å². The van der Waals surface area contributed by atoms with Crippen LogP contribution in [-0.2, 0) is 27.5 Å². The first-order chi connectivity index (χ1) is 13.2. The summed E-state index contributed by atoms with van der Waals surface area (Å²) in [5.41, 5.74) is 2.30. The molecule has 0 unspecified atom stereocenters. The van der Waals surface area contributed by atoms with Gasteiger partial charge in [-0.15, -0.1) is 0 Å². The van der Waals surface area contributed by atoms with Crippen LogP contribution < -0.4 is 0 Å². The van der Waals surface area contributed by atoms with Crippen molar-refractivity contribution >= 4 is 5.97 Å². The van der Waals surface area contributed by atoms with Gasteiger partial charge in [0.1, 0.15) is 0 Å². The van der Waals surface area contributed by atoms with Crippen molar-refractivity contribution in [3.8, 4) is 0 Å². The molecule has 0 aromatic heterocycles. The maximum absolute atomic E-state index is 10.9. The third kappa shape index (κ3) is 6.49. The Kier molecular flexibility index (Phi) is 7.43. The molecule has 27 heavy (non-hydrogen) atoms. The Morgan fingerprint density at radius 2 is 1.41 bits per heavy atom. The Hall–Kier alpha value is -2.17. The van der Waals surface area contributed by atoms with Crippen LogP contribution in [0.4, 0.5) is 0 Å². The summed E-state index contributed by atoms with van der Waals surface area (Å²) in [6, 6.07) is 20.3. The van der Waals surface area contributed by atoms with Gasteiger partial charge < -0.3 is 14.6 Å². The lowest BCUT2D eigenvalue weighted by Crippen LogP contribution is -2.38. The molecule has 0 amide bonds. The third-order valence-corrected chi connectivity index (χ3v) is 5.22. The summed E-state index contributed by atoms with van der Waals surface area (Å²) in [5.74, 6) is -0.336. The van der Waals surface area contributed by atoms with Crippen molar-refractivity contribution < 1.29 is 19.4 Å². The van der Waals surface area contributed by atoms with Crippen molar-refractivity contribution in [2.24, 2.45) is 5.92 Å². The Morgan fingerprint density at radius 3 is 1.96 bits per heavy atom. The van der Waals surface area contributed by atoms with Gasteiger partial charge in [0.15, 0.2) is 0 Å². The van der Waals surface area contributed by atoms with Crippen LogP contribution in [0.2, 0.25) is 0 Å². The molecule has 144 valence electrons. The minimum atomic E-state index is -0.723. The fourth-order valence-corrected chi connectivity index (χ4v) is 3.69. The number of carboxylic acid groups (broad SMARTS) is 1. The standard InChI is InChI=1S/C23H28O4/c24-23(25)14-12-18-11-13-21(26-16-19-7-3-1-4-8-19)22(15-18)27-17-20-9-5-2-6-10-20/h1-10,18,21-22H,11-17H2,(H,24,25)/t18-,21+,22+/m0/s1. The number of carbonyl (C=O) groups is 1. The lowest BCUT2D eigenvalue weighted by Gasteiger charge is -2.36. The Balaban J connectivity index is 1.58. The fraction of sp³-hybridized carbons (Fsp3) is 0.435. The van der Waals surface area contributed by atoms with E-state index in [1.165, 1.54) is 0 Å². The zero-order valence-corrected chi connectivity index (χ0v) is 15.6. The second-order valence-corrected chi connectivity index (χ2v) is 7.28. The maximum Gasteiger partial charge on any atom is 0.303 e. The molecule has 1 N–H and O–H groups in total. The van der Waals surface area contributed by atoms with E-state index in [0.29, 0.717) is 25.6 Å². The summed E-state index contributed by atoms with van der Waals surface area (Å²) >= 11 is 0. The number of ether oxygens (including phenoxy) is 2. The van der Waals surface area contributed by atoms with Crippen LogP contribution in [0.25, 0.3) is 0 Å². The largest absolute Gasteiger partial charge is 0.481 e. The van der Waals surface area contributed by atoms with Crippen LogP contribution in [0.3, 0.4) is 0 Å². The molecule has 4 heteroatoms. The molecule has 2 aromatic carbocycles. The van der Waals surface area contributed by atoms with Gasteiger partial charge in [-0.1, -0.05) is 60.7 Å². The van der Waals surface area contributed by atoms with Crippen molar-refractivity contribution in [1.82, 2.24) is 0 Å². The SMILES string of the molecule is O=C(O)CC[C@@H]1CC[C@@H](OCc2ccccc2)[C@H](OCc2ccccc2)C1. The zero-order chi connectivity index (χ0) is 18.9. The number of hydrogen-bond acceptors (Lipinski definition) is 3. The van der Waals surface area contributed by atoms with Crippen LogP contribution in [0.15, 0.2) is 60.7 Å². The molecule has 0 aliphatic heterocycles. The Morgan fingerprint density at radius 1 is 0.852 bits per heavy atom. The molecule has 0 saturated heterocycles. The van der Waals surface area contributed by atoms with E-state index in [9.17, 15) is 4.79 Å². The average Bonchev–Trinajstić information content (AvgIpc) is 2.71. The minimum absolute atomic E-state index is 0.00135. The van der Waals surface area contributed by atoms with Gasteiger partial charge >= 0.3 is 5.97 Å². The third-order valence-electron chi connectivity index (χ3n) is 5.22. The maximum atomic E-state index is 10.9. The molecule has 4 nitrogen and oxygen atoms in total. The Labute approximate surface area is 161 Å². The molecule has 2 aromatic rings. The second kappa shape index (κ2) is 10.2. The molecular weight excluding hydrogens is 340 g/mol. The first-order valence-electron chi connectivity index (χ1n) is 9.73. The van der Waals surface area contributed by atoms with Crippen LogP contribution in [0, 0.1) is 5.92 Å². The van der Waals surface area contributed by atoms with E-state index in [0.717, 1.165) is 30.4 Å². The number of aliphatic carboxylic acids is 1. The van der Waals surface area contributed by atoms with Crippen LogP contribution in [0.5, 0.6) is 0 Å². The van der Waals surface area contributed by atoms with Crippen molar-refractivity contribution in [3.05, 3.63) is 71.8 Å². The van der Waals surface area contributed by atoms with Crippen LogP contribution in [0.1, 0.15) is 43.2 Å². The lowest BCUT2D eigenvalue weighted by molar-refractivity contribution is -0.138. The predicted octanol–water partition coefficient (Wildman–Crippen LogP) is 4.82. The smallest absolute Gasteiger partial charge is 0.303 e. The van der Waals surface area contributed by atoms with E-state index >= 15 is 0 Å². The number of benzene rings is 2. The van der Waals surface area contributed by atoms with Crippen molar-refractivity contribution in [1.29, 1.82) is 0 Å². The highest BCUT2D eigenvalue weighted by molar-refractivity contribution is 5.66. The molecule has 3 rings (SSSR count). The molecule has 0 spiro atoms. The van der Waals surface area contributed by atoms with Gasteiger partial charge in [0, 0.05) is 6.42 Å². The summed E-state index contributed by atoms with van der Waals surface area (Å²) in [7, 11) is 0. The van der Waals surface area contributed by atoms with Gasteiger partial charge in [-0.3, -0.25) is 4.79 Å². The first kappa shape index (κ1) is 19.6. The predicted molar refractivity (Wildman–Crippen MR) is 104 cm³/mol. The first-order valence-corrected chi connectivity index (χ1v) is 9.73. The molecule has 1 aliphatic rings. The minimum Gasteiger partial charge on any atom is -0.481 e. The molecule has 3 atom stereocenters. The van der Waals surface area contributed by atoms with Crippen molar-refractivity contribution in [2.45, 2.75) is 57.5 Å². The average molecular weight is 368 g/mol. The van der Waals surface area contributed by atoms with Crippen LogP contribution in [-0.4, -0.2) is 23.3 Å². The number of rotatable bonds is 9. The van der Waals surface area contributed by atoms with Crippen LogP contribution >= 0.6 is 0 Å². The summed E-state index contributed by atoms with van der Waals surface area (Å²) in [5, 5.41) is 8.97. The number of carboxylic acids is 1. The highest BCUT2D eigenvalue weighted by Crippen LogP contribution is 2.32. The topological polar surface area (TPSA) is 55.8 Å². The van der Waals surface area contributed by atoms with Crippen molar-refractivity contribution in [3.63, 3.8) is 0 Å². The van der Waals surface area contributed by atoms with E-state index in [-0.39, 0.29) is 18.6 Å². The van der Waals surface area contributed by atoms with Gasteiger partial charge in [-0.2, -0.15) is 0 Å². The van der Waals surface area contributed by atoms with Gasteiger partial charge in [-0.05, 0) is 42.7 Å². The highest BCUT2D eigenvalue weighted by atomic mass is 16.5. The number of hydrogen-bond donors (Lipinski definition) is 1. The Bertz CT molecular complexity index is 686. The normalized spacial score (nSPS) is 22.4. The van der Waals surface area contributed by atoms with E-state index < -0.39 is 5.97 Å². The molecule has 1 saturated carbocycles. The van der Waals surface area contributed by atoms with Gasteiger partial charge in [0.2, 0.25) is 0 Å². The highest BCUT2D eigenvalue weighted by Gasteiger charge is 2.32. The van der Waals surface area contributed by atoms with E-state index in [2.05, 4.69) is 24.3 Å². The van der Waals surface area contributed by atoms with E-state index in [4.69, 9.17) is 14.6 Å². The molecular formula is C23H28O4. The zero-order valence-electron chi connectivity index (χ0n) is 15.6. The molecule has 1 fully saturated rings. The quantitative estimate of drug-likeness (QED) is 0.689. The molecule has 0 radical (unpaired) electrons. The molecule has 0 heterocycles. The monoisotopic (exact) mass is 368 g/mol. The summed E-state index contributed by atoms with van der Waals surface area (Å²) < 4.78 is 12.4. The fourth-order valence-electron chi connectivity index (χ4n) is 3.69. The van der Waals surface area contributed by atoms with Crippen molar-refractivity contribution in [2.75, 3.05) is 0 Å².